The van der Waals surface area contributed by atoms with Gasteiger partial charge in [0, 0.05) is 32.0 Å². The first kappa shape index (κ1) is 15.3. The second-order valence-corrected chi connectivity index (χ2v) is 5.12. The zero-order valence-corrected chi connectivity index (χ0v) is 11.6. The summed E-state index contributed by atoms with van der Waals surface area (Å²) >= 11 is 11.7. The van der Waals surface area contributed by atoms with Crippen molar-refractivity contribution in [3.8, 4) is 5.75 Å². The molecular weight excluding hydrogens is 318 g/mol. The molecule has 1 fully saturated rings. The number of piperidine rings is 1. The molecule has 0 atom stereocenters. The van der Waals surface area contributed by atoms with Gasteiger partial charge in [0.2, 0.25) is 0 Å². The van der Waals surface area contributed by atoms with Gasteiger partial charge in [-0.2, -0.15) is 0 Å². The lowest BCUT2D eigenvalue weighted by Crippen LogP contribution is -2.34. The predicted molar refractivity (Wildman–Crippen MR) is 69.6 cm³/mol. The summed E-state index contributed by atoms with van der Waals surface area (Å²) in [6, 6.07) is 2.35. The van der Waals surface area contributed by atoms with Gasteiger partial charge in [-0.1, -0.05) is 23.2 Å². The molecule has 0 N–H and O–H groups in total. The van der Waals surface area contributed by atoms with Crippen LogP contribution in [-0.2, 0) is 4.79 Å². The molecule has 2 rings (SSSR count). The largest absolute Gasteiger partial charge is 0.573 e. The maximum absolute atomic E-state index is 12.3. The molecule has 110 valence electrons. The van der Waals surface area contributed by atoms with E-state index in [1.54, 1.807) is 4.90 Å². The van der Waals surface area contributed by atoms with E-state index in [2.05, 4.69) is 4.74 Å². The van der Waals surface area contributed by atoms with Crippen LogP contribution in [-0.4, -0.2) is 25.2 Å². The number of hydrogen-bond acceptors (Lipinski definition) is 3. The second-order valence-electron chi connectivity index (χ2n) is 4.31. The summed E-state index contributed by atoms with van der Waals surface area (Å²) in [5.74, 6) is -0.381. The Kier molecular flexibility index (Phi) is 4.34. The number of anilines is 1. The van der Waals surface area contributed by atoms with Gasteiger partial charge in [0.1, 0.15) is 11.5 Å². The number of halogens is 5. The molecule has 3 nitrogen and oxygen atoms in total. The summed E-state index contributed by atoms with van der Waals surface area (Å²) in [5.41, 5.74) is 0.378. The molecule has 0 spiro atoms. The van der Waals surface area contributed by atoms with Crippen molar-refractivity contribution in [2.45, 2.75) is 19.2 Å². The van der Waals surface area contributed by atoms with Crippen LogP contribution in [0.1, 0.15) is 12.8 Å². The fourth-order valence-corrected chi connectivity index (χ4v) is 2.50. The Morgan fingerprint density at radius 3 is 2.25 bits per heavy atom. The Bertz CT molecular complexity index is 524. The fourth-order valence-electron chi connectivity index (χ4n) is 1.96. The molecule has 0 bridgehead atoms. The van der Waals surface area contributed by atoms with Crippen molar-refractivity contribution in [1.82, 2.24) is 0 Å². The fraction of sp³-hybridized carbons (Fsp3) is 0.417. The molecule has 1 aromatic carbocycles. The van der Waals surface area contributed by atoms with Crippen molar-refractivity contribution in [2.24, 2.45) is 0 Å². The highest BCUT2D eigenvalue weighted by molar-refractivity contribution is 6.37. The molecule has 0 radical (unpaired) electrons. The lowest BCUT2D eigenvalue weighted by atomic mass is 10.1. The van der Waals surface area contributed by atoms with Crippen LogP contribution in [0, 0.1) is 0 Å². The highest BCUT2D eigenvalue weighted by Crippen LogP contribution is 2.39. The number of hydrogen-bond donors (Lipinski definition) is 0. The molecule has 0 amide bonds. The third kappa shape index (κ3) is 3.70. The maximum Gasteiger partial charge on any atom is 0.573 e. The Morgan fingerprint density at radius 1 is 1.10 bits per heavy atom. The van der Waals surface area contributed by atoms with Crippen molar-refractivity contribution < 1.29 is 22.7 Å². The number of carbonyl (C=O) groups excluding carboxylic acids is 1. The molecule has 1 heterocycles. The van der Waals surface area contributed by atoms with Crippen molar-refractivity contribution in [2.75, 3.05) is 18.0 Å². The zero-order valence-electron chi connectivity index (χ0n) is 10.1. The first-order valence-electron chi connectivity index (χ1n) is 5.78. The summed E-state index contributed by atoms with van der Waals surface area (Å²) in [4.78, 5) is 12.9. The van der Waals surface area contributed by atoms with Crippen molar-refractivity contribution in [1.29, 1.82) is 0 Å². The number of ether oxygens (including phenoxy) is 1. The first-order chi connectivity index (χ1) is 9.26. The minimum Gasteiger partial charge on any atom is -0.404 e. The van der Waals surface area contributed by atoms with Crippen LogP contribution < -0.4 is 9.64 Å². The van der Waals surface area contributed by atoms with Gasteiger partial charge in [0.15, 0.2) is 0 Å². The maximum atomic E-state index is 12.3. The minimum absolute atomic E-state index is 0.123. The van der Waals surface area contributed by atoms with Crippen LogP contribution >= 0.6 is 23.2 Å². The van der Waals surface area contributed by atoms with Gasteiger partial charge in [0.25, 0.3) is 0 Å². The van der Waals surface area contributed by atoms with E-state index < -0.39 is 12.1 Å². The van der Waals surface area contributed by atoms with E-state index in [4.69, 9.17) is 23.2 Å². The minimum atomic E-state index is -4.83. The number of alkyl halides is 3. The highest BCUT2D eigenvalue weighted by atomic mass is 35.5. The topological polar surface area (TPSA) is 29.5 Å². The summed E-state index contributed by atoms with van der Waals surface area (Å²) in [5, 5.41) is 0.00281. The third-order valence-corrected chi connectivity index (χ3v) is 3.49. The van der Waals surface area contributed by atoms with Crippen LogP contribution in [0.25, 0.3) is 0 Å². The van der Waals surface area contributed by atoms with Crippen LogP contribution in [0.3, 0.4) is 0 Å². The molecule has 0 aromatic heterocycles. The van der Waals surface area contributed by atoms with Crippen molar-refractivity contribution in [3.63, 3.8) is 0 Å². The Morgan fingerprint density at radius 2 is 1.70 bits per heavy atom. The first-order valence-corrected chi connectivity index (χ1v) is 6.53. The van der Waals surface area contributed by atoms with E-state index in [-0.39, 0.29) is 15.8 Å². The number of Topliss-reactive ketones (excluding diaryl/α,β-unsaturated/α-hetero) is 1. The van der Waals surface area contributed by atoms with Crippen LogP contribution in [0.15, 0.2) is 12.1 Å². The average molecular weight is 328 g/mol. The quantitative estimate of drug-likeness (QED) is 0.820. The molecule has 0 aliphatic carbocycles. The molecule has 0 saturated carbocycles. The molecule has 1 aliphatic heterocycles. The van der Waals surface area contributed by atoms with Gasteiger partial charge in [-0.25, -0.2) is 0 Å². The number of rotatable bonds is 2. The number of benzene rings is 1. The third-order valence-electron chi connectivity index (χ3n) is 2.89. The molecular formula is C12H10Cl2F3NO2. The van der Waals surface area contributed by atoms with Crippen LogP contribution in [0.5, 0.6) is 5.75 Å². The summed E-state index contributed by atoms with van der Waals surface area (Å²) in [7, 11) is 0. The Labute approximate surface area is 123 Å². The zero-order chi connectivity index (χ0) is 14.9. The van der Waals surface area contributed by atoms with Gasteiger partial charge in [-0.05, 0) is 6.07 Å². The van der Waals surface area contributed by atoms with Gasteiger partial charge in [-0.3, -0.25) is 4.79 Å². The lowest BCUT2D eigenvalue weighted by Gasteiger charge is -2.29. The molecule has 1 aromatic rings. The normalized spacial score (nSPS) is 16.4. The van der Waals surface area contributed by atoms with E-state index in [9.17, 15) is 18.0 Å². The van der Waals surface area contributed by atoms with Gasteiger partial charge >= 0.3 is 6.36 Å². The molecule has 1 aliphatic rings. The predicted octanol–water partition coefficient (Wildman–Crippen LogP) is 4.06. The van der Waals surface area contributed by atoms with Gasteiger partial charge in [0.05, 0.1) is 15.7 Å². The molecule has 0 unspecified atom stereocenters. The van der Waals surface area contributed by atoms with E-state index in [1.807, 2.05) is 0 Å². The van der Waals surface area contributed by atoms with E-state index >= 15 is 0 Å². The SMILES string of the molecule is O=C1CCN(c2cc(OC(F)(F)F)c(Cl)cc2Cl)CC1. The van der Waals surface area contributed by atoms with Crippen molar-refractivity contribution >= 4 is 34.7 Å². The Hall–Kier alpha value is -1.14. The standard InChI is InChI=1S/C12H10Cl2F3NO2/c13-8-5-9(14)11(20-12(15,16)17)6-10(8)18-3-1-7(19)2-4-18/h5-6H,1-4H2. The molecule has 20 heavy (non-hydrogen) atoms. The van der Waals surface area contributed by atoms with Crippen LogP contribution in [0.4, 0.5) is 18.9 Å². The molecule has 8 heteroatoms. The number of nitrogens with zero attached hydrogens (tertiary/aromatic N) is 1. The van der Waals surface area contributed by atoms with Crippen LogP contribution in [0.2, 0.25) is 10.0 Å². The van der Waals surface area contributed by atoms with E-state index in [1.165, 1.54) is 6.07 Å². The smallest absolute Gasteiger partial charge is 0.404 e. The lowest BCUT2D eigenvalue weighted by molar-refractivity contribution is -0.274. The highest BCUT2D eigenvalue weighted by Gasteiger charge is 2.33. The number of carbonyl (C=O) groups is 1. The van der Waals surface area contributed by atoms with Gasteiger partial charge in [-0.15, -0.1) is 13.2 Å². The monoisotopic (exact) mass is 327 g/mol. The summed E-state index contributed by atoms with van der Waals surface area (Å²) in [6.07, 6.45) is -4.14. The van der Waals surface area contributed by atoms with Crippen molar-refractivity contribution in [3.05, 3.63) is 22.2 Å². The summed E-state index contributed by atoms with van der Waals surface area (Å²) in [6.45, 7) is 0.817. The summed E-state index contributed by atoms with van der Waals surface area (Å²) < 4.78 is 40.7. The second kappa shape index (κ2) is 5.69. The molecule has 1 saturated heterocycles. The van der Waals surface area contributed by atoms with E-state index in [0.29, 0.717) is 31.6 Å². The van der Waals surface area contributed by atoms with Gasteiger partial charge < -0.3 is 9.64 Å². The van der Waals surface area contributed by atoms with E-state index in [0.717, 1.165) is 6.07 Å². The number of ketones is 1. The average Bonchev–Trinajstić information content (AvgIpc) is 2.32. The Balaban J connectivity index is 2.29.